The van der Waals surface area contributed by atoms with Gasteiger partial charge in [0.1, 0.15) is 0 Å². The first-order chi connectivity index (χ1) is 12.0. The fourth-order valence-corrected chi connectivity index (χ4v) is 3.15. The molecular formula is C19H29N3O3. The zero-order chi connectivity index (χ0) is 18.2. The fourth-order valence-electron chi connectivity index (χ4n) is 3.15. The summed E-state index contributed by atoms with van der Waals surface area (Å²) in [5, 5.41) is 3.03. The van der Waals surface area contributed by atoms with Crippen molar-refractivity contribution < 1.29 is 14.3 Å². The van der Waals surface area contributed by atoms with Crippen molar-refractivity contribution >= 4 is 12.0 Å². The average molecular weight is 347 g/mol. The summed E-state index contributed by atoms with van der Waals surface area (Å²) in [7, 11) is 4.02. The monoisotopic (exact) mass is 347 g/mol. The Hall–Kier alpha value is -2.08. The van der Waals surface area contributed by atoms with E-state index in [1.807, 2.05) is 39.2 Å². The maximum absolute atomic E-state index is 12.4. The number of hydrogen-bond acceptors (Lipinski definition) is 4. The number of esters is 1. The normalized spacial score (nSPS) is 16.6. The fraction of sp³-hybridized carbons (Fsp3) is 0.579. The van der Waals surface area contributed by atoms with Gasteiger partial charge in [0, 0.05) is 19.6 Å². The van der Waals surface area contributed by atoms with Gasteiger partial charge in [-0.1, -0.05) is 30.3 Å². The van der Waals surface area contributed by atoms with Gasteiger partial charge in [-0.3, -0.25) is 4.79 Å². The Kier molecular flexibility index (Phi) is 7.25. The molecule has 6 heteroatoms. The molecule has 138 valence electrons. The van der Waals surface area contributed by atoms with E-state index < -0.39 is 0 Å². The minimum atomic E-state index is -0.140. The van der Waals surface area contributed by atoms with Crippen molar-refractivity contribution in [3.05, 3.63) is 35.9 Å². The molecule has 0 aromatic heterocycles. The number of likely N-dealkylation sites (N-methyl/N-ethyl adjacent to an activating group) is 1. The van der Waals surface area contributed by atoms with Crippen LogP contribution in [0.25, 0.3) is 0 Å². The third-order valence-corrected chi connectivity index (χ3v) is 4.66. The minimum Gasteiger partial charge on any atom is -0.466 e. The number of carbonyl (C=O) groups excluding carboxylic acids is 2. The van der Waals surface area contributed by atoms with Gasteiger partial charge >= 0.3 is 12.0 Å². The summed E-state index contributed by atoms with van der Waals surface area (Å²) < 4.78 is 5.07. The second kappa shape index (κ2) is 9.42. The van der Waals surface area contributed by atoms with E-state index >= 15 is 0 Å². The van der Waals surface area contributed by atoms with Gasteiger partial charge < -0.3 is 19.9 Å². The summed E-state index contributed by atoms with van der Waals surface area (Å²) in [6, 6.07) is 10.2. The molecule has 1 unspecified atom stereocenters. The Balaban J connectivity index is 1.83. The van der Waals surface area contributed by atoms with Crippen molar-refractivity contribution in [3.63, 3.8) is 0 Å². The van der Waals surface area contributed by atoms with Crippen LogP contribution in [0.1, 0.15) is 31.4 Å². The van der Waals surface area contributed by atoms with E-state index in [2.05, 4.69) is 22.3 Å². The van der Waals surface area contributed by atoms with Crippen LogP contribution in [-0.4, -0.2) is 62.1 Å². The smallest absolute Gasteiger partial charge is 0.317 e. The van der Waals surface area contributed by atoms with E-state index in [4.69, 9.17) is 4.74 Å². The number of likely N-dealkylation sites (tertiary alicyclic amines) is 1. The Labute approximate surface area is 150 Å². The van der Waals surface area contributed by atoms with Crippen molar-refractivity contribution in [2.75, 3.05) is 40.3 Å². The zero-order valence-electron chi connectivity index (χ0n) is 15.4. The third-order valence-electron chi connectivity index (χ3n) is 4.66. The summed E-state index contributed by atoms with van der Waals surface area (Å²) in [4.78, 5) is 28.1. The van der Waals surface area contributed by atoms with E-state index in [-0.39, 0.29) is 24.0 Å². The highest BCUT2D eigenvalue weighted by Gasteiger charge is 2.28. The molecule has 1 saturated heterocycles. The number of hydrogen-bond donors (Lipinski definition) is 1. The van der Waals surface area contributed by atoms with Crippen molar-refractivity contribution in [2.45, 2.75) is 25.8 Å². The van der Waals surface area contributed by atoms with E-state index in [0.717, 1.165) is 0 Å². The number of amides is 2. The molecule has 0 radical (unpaired) electrons. The maximum Gasteiger partial charge on any atom is 0.317 e. The molecule has 25 heavy (non-hydrogen) atoms. The number of carbonyl (C=O) groups is 2. The van der Waals surface area contributed by atoms with Crippen LogP contribution >= 0.6 is 0 Å². The van der Waals surface area contributed by atoms with Gasteiger partial charge in [0.05, 0.1) is 18.6 Å². The number of ether oxygens (including phenoxy) is 1. The van der Waals surface area contributed by atoms with Crippen molar-refractivity contribution in [3.8, 4) is 0 Å². The van der Waals surface area contributed by atoms with E-state index in [1.165, 1.54) is 5.56 Å². The van der Waals surface area contributed by atoms with Crippen LogP contribution in [0.15, 0.2) is 30.3 Å². The lowest BCUT2D eigenvalue weighted by molar-refractivity contribution is -0.149. The molecule has 1 aromatic rings. The first kappa shape index (κ1) is 19.2. The second-order valence-electron chi connectivity index (χ2n) is 6.59. The van der Waals surface area contributed by atoms with Crippen molar-refractivity contribution in [1.82, 2.24) is 15.1 Å². The molecule has 1 aliphatic rings. The van der Waals surface area contributed by atoms with Crippen LogP contribution in [0.3, 0.4) is 0 Å². The number of urea groups is 1. The molecule has 0 bridgehead atoms. The van der Waals surface area contributed by atoms with Crippen LogP contribution in [-0.2, 0) is 9.53 Å². The SMILES string of the molecule is CCOC(=O)C1CCN(C(=O)NCC(c2ccccc2)N(C)C)CC1. The summed E-state index contributed by atoms with van der Waals surface area (Å²) in [6.45, 7) is 3.95. The highest BCUT2D eigenvalue weighted by molar-refractivity contribution is 5.76. The Morgan fingerprint density at radius 1 is 1.24 bits per heavy atom. The van der Waals surface area contributed by atoms with Crippen molar-refractivity contribution in [2.24, 2.45) is 5.92 Å². The summed E-state index contributed by atoms with van der Waals surface area (Å²) in [5.41, 5.74) is 1.17. The molecule has 1 heterocycles. The number of nitrogens with zero attached hydrogens (tertiary/aromatic N) is 2. The van der Waals surface area contributed by atoms with Gasteiger partial charge in [-0.25, -0.2) is 4.79 Å². The number of piperidine rings is 1. The summed E-state index contributed by atoms with van der Waals surface area (Å²) >= 11 is 0. The summed E-state index contributed by atoms with van der Waals surface area (Å²) in [6.07, 6.45) is 1.34. The predicted octanol–water partition coefficient (Wildman–Crippen LogP) is 2.27. The number of nitrogens with one attached hydrogen (secondary N) is 1. The third kappa shape index (κ3) is 5.46. The lowest BCUT2D eigenvalue weighted by Gasteiger charge is -2.32. The van der Waals surface area contributed by atoms with Gasteiger partial charge in [-0.2, -0.15) is 0 Å². The molecule has 1 N–H and O–H groups in total. The van der Waals surface area contributed by atoms with Crippen molar-refractivity contribution in [1.29, 1.82) is 0 Å². The van der Waals surface area contributed by atoms with E-state index in [9.17, 15) is 9.59 Å². The van der Waals surface area contributed by atoms with E-state index in [1.54, 1.807) is 4.90 Å². The number of rotatable bonds is 6. The largest absolute Gasteiger partial charge is 0.466 e. The van der Waals surface area contributed by atoms with Gasteiger partial charge in [0.2, 0.25) is 0 Å². The average Bonchev–Trinajstić information content (AvgIpc) is 2.62. The highest BCUT2D eigenvalue weighted by atomic mass is 16.5. The lowest BCUT2D eigenvalue weighted by atomic mass is 9.97. The molecule has 6 nitrogen and oxygen atoms in total. The molecule has 0 spiro atoms. The Bertz CT molecular complexity index is 554. The quantitative estimate of drug-likeness (QED) is 0.802. The standard InChI is InChI=1S/C19H29N3O3/c1-4-25-18(23)16-10-12-22(13-11-16)19(24)20-14-17(21(2)3)15-8-6-5-7-9-15/h5-9,16-17H,4,10-14H2,1-3H3,(H,20,24). The first-order valence-electron chi connectivity index (χ1n) is 8.93. The summed E-state index contributed by atoms with van der Waals surface area (Å²) in [5.74, 6) is -0.220. The van der Waals surface area contributed by atoms with Gasteiger partial charge in [-0.05, 0) is 39.4 Å². The molecule has 1 fully saturated rings. The number of benzene rings is 1. The van der Waals surface area contributed by atoms with Crippen LogP contribution in [0.4, 0.5) is 4.79 Å². The zero-order valence-corrected chi connectivity index (χ0v) is 15.4. The molecular weight excluding hydrogens is 318 g/mol. The molecule has 2 rings (SSSR count). The lowest BCUT2D eigenvalue weighted by Crippen LogP contribution is -2.47. The topological polar surface area (TPSA) is 61.9 Å². The highest BCUT2D eigenvalue weighted by Crippen LogP contribution is 2.20. The molecule has 1 atom stereocenters. The van der Waals surface area contributed by atoms with Gasteiger partial charge in [0.15, 0.2) is 0 Å². The van der Waals surface area contributed by atoms with Gasteiger partial charge in [-0.15, -0.1) is 0 Å². The molecule has 1 aromatic carbocycles. The molecule has 1 aliphatic heterocycles. The Morgan fingerprint density at radius 2 is 1.88 bits per heavy atom. The molecule has 2 amide bonds. The minimum absolute atomic E-state index is 0.0647. The van der Waals surface area contributed by atoms with E-state index in [0.29, 0.717) is 39.1 Å². The van der Waals surface area contributed by atoms with Crippen LogP contribution in [0.5, 0.6) is 0 Å². The first-order valence-corrected chi connectivity index (χ1v) is 8.93. The molecule has 0 aliphatic carbocycles. The second-order valence-corrected chi connectivity index (χ2v) is 6.59. The maximum atomic E-state index is 12.4. The molecule has 0 saturated carbocycles. The Morgan fingerprint density at radius 3 is 2.44 bits per heavy atom. The predicted molar refractivity (Wildman–Crippen MR) is 97.2 cm³/mol. The van der Waals surface area contributed by atoms with Crippen LogP contribution in [0.2, 0.25) is 0 Å². The van der Waals surface area contributed by atoms with Crippen LogP contribution in [0, 0.1) is 5.92 Å². The van der Waals surface area contributed by atoms with Crippen LogP contribution < -0.4 is 5.32 Å². The van der Waals surface area contributed by atoms with Gasteiger partial charge in [0.25, 0.3) is 0 Å².